The second-order valence-corrected chi connectivity index (χ2v) is 3.00. The molecule has 1 nitrogen and oxygen atoms in total. The third kappa shape index (κ3) is 1.87. The molecule has 2 atom stereocenters. The molecule has 0 saturated heterocycles. The van der Waals surface area contributed by atoms with E-state index >= 15 is 0 Å². The Morgan fingerprint density at radius 2 is 2.00 bits per heavy atom. The number of aliphatic imine (C=N–C) groups is 1. The second-order valence-electron chi connectivity index (χ2n) is 3.00. The molecule has 1 aliphatic rings. The summed E-state index contributed by atoms with van der Waals surface area (Å²) in [7, 11) is 0. The molecule has 0 aliphatic carbocycles. The largest absolute Gasteiger partial charge is 0.397 e. The Labute approximate surface area is 69.0 Å². The summed E-state index contributed by atoms with van der Waals surface area (Å²) >= 11 is 0. The summed E-state index contributed by atoms with van der Waals surface area (Å²) in [5.74, 6) is -1.41. The molecule has 0 saturated carbocycles. The van der Waals surface area contributed by atoms with Crippen molar-refractivity contribution >= 4 is 6.21 Å². The molecule has 12 heavy (non-hydrogen) atoms. The third-order valence-corrected chi connectivity index (χ3v) is 1.85. The van der Waals surface area contributed by atoms with Crippen LogP contribution in [-0.2, 0) is 0 Å². The highest BCUT2D eigenvalue weighted by Crippen LogP contribution is 2.33. The van der Waals surface area contributed by atoms with E-state index in [0.29, 0.717) is 5.57 Å². The molecule has 0 aromatic heterocycles. The first-order chi connectivity index (χ1) is 5.41. The number of allylic oxidation sites excluding steroid dienone is 1. The number of alkyl halides is 3. The van der Waals surface area contributed by atoms with Gasteiger partial charge < -0.3 is 0 Å². The Kier molecular flexibility index (Phi) is 2.26. The van der Waals surface area contributed by atoms with Crippen LogP contribution in [-0.4, -0.2) is 18.4 Å². The average Bonchev–Trinajstić information content (AvgIpc) is 1.92. The van der Waals surface area contributed by atoms with Crippen LogP contribution in [0.25, 0.3) is 0 Å². The Hall–Kier alpha value is -0.800. The van der Waals surface area contributed by atoms with Crippen molar-refractivity contribution in [3.63, 3.8) is 0 Å². The van der Waals surface area contributed by atoms with E-state index in [9.17, 15) is 13.2 Å². The van der Waals surface area contributed by atoms with Gasteiger partial charge in [0.25, 0.3) is 0 Å². The van der Waals surface area contributed by atoms with Gasteiger partial charge in [0.05, 0.1) is 12.0 Å². The van der Waals surface area contributed by atoms with E-state index in [-0.39, 0.29) is 0 Å². The van der Waals surface area contributed by atoms with Crippen molar-refractivity contribution in [3.05, 3.63) is 11.6 Å². The standard InChI is InChI=1S/C8H10F3N/c1-5-3-7(8(9,10)11)6(2)12-4-5/h3-4,6-7H,1-2H3. The average molecular weight is 177 g/mol. The molecule has 0 aromatic carbocycles. The lowest BCUT2D eigenvalue weighted by atomic mass is 9.96. The van der Waals surface area contributed by atoms with Crippen molar-refractivity contribution in [1.29, 1.82) is 0 Å². The topological polar surface area (TPSA) is 12.4 Å². The fraction of sp³-hybridized carbons (Fsp3) is 0.625. The molecule has 1 heterocycles. The number of nitrogens with zero attached hydrogens (tertiary/aromatic N) is 1. The molecular formula is C8H10F3N. The zero-order chi connectivity index (χ0) is 9.35. The Balaban J connectivity index is 2.85. The Morgan fingerprint density at radius 3 is 2.42 bits per heavy atom. The van der Waals surface area contributed by atoms with Crippen LogP contribution in [0, 0.1) is 5.92 Å². The number of halogens is 3. The molecular weight excluding hydrogens is 167 g/mol. The second kappa shape index (κ2) is 2.92. The minimum atomic E-state index is -4.17. The summed E-state index contributed by atoms with van der Waals surface area (Å²) in [6.07, 6.45) is -1.47. The summed E-state index contributed by atoms with van der Waals surface area (Å²) in [4.78, 5) is 3.75. The predicted octanol–water partition coefficient (Wildman–Crippen LogP) is 2.58. The monoisotopic (exact) mass is 177 g/mol. The van der Waals surface area contributed by atoms with Crippen LogP contribution < -0.4 is 0 Å². The van der Waals surface area contributed by atoms with Gasteiger partial charge in [-0.3, -0.25) is 4.99 Å². The van der Waals surface area contributed by atoms with Gasteiger partial charge in [0, 0.05) is 6.21 Å². The lowest BCUT2D eigenvalue weighted by Crippen LogP contribution is -2.31. The highest BCUT2D eigenvalue weighted by atomic mass is 19.4. The molecule has 4 heteroatoms. The Morgan fingerprint density at radius 1 is 1.42 bits per heavy atom. The lowest BCUT2D eigenvalue weighted by molar-refractivity contribution is -0.165. The van der Waals surface area contributed by atoms with Crippen molar-refractivity contribution < 1.29 is 13.2 Å². The van der Waals surface area contributed by atoms with E-state index < -0.39 is 18.1 Å². The molecule has 0 N–H and O–H groups in total. The fourth-order valence-corrected chi connectivity index (χ4v) is 1.16. The van der Waals surface area contributed by atoms with Crippen LogP contribution in [0.5, 0.6) is 0 Å². The molecule has 0 amide bonds. The fourth-order valence-electron chi connectivity index (χ4n) is 1.16. The maximum absolute atomic E-state index is 12.2. The van der Waals surface area contributed by atoms with Crippen molar-refractivity contribution in [2.24, 2.45) is 10.9 Å². The first-order valence-corrected chi connectivity index (χ1v) is 3.69. The van der Waals surface area contributed by atoms with Gasteiger partial charge in [-0.05, 0) is 19.4 Å². The van der Waals surface area contributed by atoms with E-state index in [4.69, 9.17) is 0 Å². The minimum absolute atomic E-state index is 0.579. The number of hydrogen-bond acceptors (Lipinski definition) is 1. The van der Waals surface area contributed by atoms with Gasteiger partial charge in [-0.15, -0.1) is 0 Å². The van der Waals surface area contributed by atoms with E-state index in [1.165, 1.54) is 19.2 Å². The summed E-state index contributed by atoms with van der Waals surface area (Å²) in [5, 5.41) is 0. The first-order valence-electron chi connectivity index (χ1n) is 3.69. The van der Waals surface area contributed by atoms with Gasteiger partial charge in [-0.2, -0.15) is 13.2 Å². The molecule has 0 radical (unpaired) electrons. The van der Waals surface area contributed by atoms with Crippen LogP contribution in [0.3, 0.4) is 0 Å². The summed E-state index contributed by atoms with van der Waals surface area (Å²) in [6.45, 7) is 3.09. The molecule has 2 unspecified atom stereocenters. The van der Waals surface area contributed by atoms with Crippen molar-refractivity contribution in [2.75, 3.05) is 0 Å². The first kappa shape index (κ1) is 9.29. The maximum Gasteiger partial charge on any atom is 0.397 e. The third-order valence-electron chi connectivity index (χ3n) is 1.85. The highest BCUT2D eigenvalue weighted by molar-refractivity contribution is 5.78. The molecule has 1 rings (SSSR count). The van der Waals surface area contributed by atoms with Gasteiger partial charge >= 0.3 is 6.18 Å². The van der Waals surface area contributed by atoms with Crippen molar-refractivity contribution in [3.8, 4) is 0 Å². The number of rotatable bonds is 0. The Bertz CT molecular complexity index is 227. The minimum Gasteiger partial charge on any atom is -0.289 e. The highest BCUT2D eigenvalue weighted by Gasteiger charge is 2.42. The SMILES string of the molecule is CC1=CC(C(F)(F)F)C(C)N=C1. The summed E-state index contributed by atoms with van der Waals surface area (Å²) < 4.78 is 36.7. The zero-order valence-corrected chi connectivity index (χ0v) is 6.89. The maximum atomic E-state index is 12.2. The van der Waals surface area contributed by atoms with Gasteiger partial charge in [-0.1, -0.05) is 6.08 Å². The summed E-state index contributed by atoms with van der Waals surface area (Å²) in [6, 6.07) is -0.686. The van der Waals surface area contributed by atoms with Crippen molar-refractivity contribution in [2.45, 2.75) is 26.1 Å². The van der Waals surface area contributed by atoms with Gasteiger partial charge in [0.2, 0.25) is 0 Å². The van der Waals surface area contributed by atoms with Crippen LogP contribution in [0.15, 0.2) is 16.6 Å². The molecule has 0 fully saturated rings. The van der Waals surface area contributed by atoms with Gasteiger partial charge in [0.15, 0.2) is 0 Å². The van der Waals surface area contributed by atoms with E-state index in [1.54, 1.807) is 6.92 Å². The number of hydrogen-bond donors (Lipinski definition) is 0. The lowest BCUT2D eigenvalue weighted by Gasteiger charge is -2.23. The summed E-state index contributed by atoms with van der Waals surface area (Å²) in [5.41, 5.74) is 0.579. The van der Waals surface area contributed by atoms with Gasteiger partial charge in [-0.25, -0.2) is 0 Å². The van der Waals surface area contributed by atoms with Crippen LogP contribution in [0.2, 0.25) is 0 Å². The van der Waals surface area contributed by atoms with Crippen LogP contribution in [0.1, 0.15) is 13.8 Å². The van der Waals surface area contributed by atoms with Crippen molar-refractivity contribution in [1.82, 2.24) is 0 Å². The molecule has 0 spiro atoms. The molecule has 68 valence electrons. The van der Waals surface area contributed by atoms with E-state index in [0.717, 1.165) is 0 Å². The van der Waals surface area contributed by atoms with E-state index in [2.05, 4.69) is 4.99 Å². The molecule has 0 aromatic rings. The number of dihydropyridines is 1. The zero-order valence-electron chi connectivity index (χ0n) is 6.89. The molecule has 1 aliphatic heterocycles. The predicted molar refractivity (Wildman–Crippen MR) is 41.3 cm³/mol. The normalized spacial score (nSPS) is 30.2. The van der Waals surface area contributed by atoms with E-state index in [1.807, 2.05) is 0 Å². The quantitative estimate of drug-likeness (QED) is 0.539. The van der Waals surface area contributed by atoms with Gasteiger partial charge in [0.1, 0.15) is 0 Å². The smallest absolute Gasteiger partial charge is 0.289 e. The van der Waals surface area contributed by atoms with Crippen LogP contribution in [0.4, 0.5) is 13.2 Å². The molecule has 0 bridgehead atoms. The van der Waals surface area contributed by atoms with Crippen LogP contribution >= 0.6 is 0 Å².